The van der Waals surface area contributed by atoms with E-state index < -0.39 is 10.2 Å². The van der Waals surface area contributed by atoms with Gasteiger partial charge in [-0.05, 0) is 44.9 Å². The van der Waals surface area contributed by atoms with Gasteiger partial charge in [-0.15, -0.1) is 0 Å². The molecule has 1 saturated carbocycles. The number of nitrogens with zero attached hydrogens (tertiary/aromatic N) is 1. The highest BCUT2D eigenvalue weighted by atomic mass is 32.2. The van der Waals surface area contributed by atoms with Crippen LogP contribution in [-0.2, 0) is 10.2 Å². The van der Waals surface area contributed by atoms with Gasteiger partial charge >= 0.3 is 0 Å². The molecule has 2 N–H and O–H groups in total. The number of piperidine rings is 1. The third-order valence-electron chi connectivity index (χ3n) is 4.51. The van der Waals surface area contributed by atoms with E-state index in [1.54, 1.807) is 16.1 Å². The van der Waals surface area contributed by atoms with Crippen molar-refractivity contribution in [1.29, 1.82) is 0 Å². The molecule has 1 aliphatic heterocycles. The Hall–Kier alpha value is 0.180. The summed E-state index contributed by atoms with van der Waals surface area (Å²) in [6.07, 6.45) is 8.45. The SMILES string of the molecule is CCCNCC1CCCCN1S(=O)(=O)NCC1(SC)CC1. The van der Waals surface area contributed by atoms with Crippen molar-refractivity contribution in [3.8, 4) is 0 Å². The minimum atomic E-state index is -3.34. The Labute approximate surface area is 133 Å². The zero-order valence-electron chi connectivity index (χ0n) is 13.2. The highest BCUT2D eigenvalue weighted by Gasteiger charge is 2.43. The van der Waals surface area contributed by atoms with Crippen LogP contribution < -0.4 is 10.0 Å². The van der Waals surface area contributed by atoms with Crippen LogP contribution >= 0.6 is 11.8 Å². The molecule has 0 aromatic rings. The van der Waals surface area contributed by atoms with Crippen LogP contribution in [0, 0.1) is 0 Å². The van der Waals surface area contributed by atoms with Crippen LogP contribution in [0.25, 0.3) is 0 Å². The molecule has 0 aromatic heterocycles. The van der Waals surface area contributed by atoms with Crippen molar-refractivity contribution in [1.82, 2.24) is 14.3 Å². The molecule has 1 unspecified atom stereocenters. The van der Waals surface area contributed by atoms with E-state index in [-0.39, 0.29) is 10.8 Å². The van der Waals surface area contributed by atoms with Gasteiger partial charge in [0.1, 0.15) is 0 Å². The smallest absolute Gasteiger partial charge is 0.279 e. The van der Waals surface area contributed by atoms with Crippen LogP contribution in [-0.4, -0.2) is 55.9 Å². The van der Waals surface area contributed by atoms with Gasteiger partial charge in [0.2, 0.25) is 0 Å². The van der Waals surface area contributed by atoms with Crippen molar-refractivity contribution in [3.63, 3.8) is 0 Å². The van der Waals surface area contributed by atoms with Gasteiger partial charge in [-0.2, -0.15) is 24.5 Å². The zero-order valence-corrected chi connectivity index (χ0v) is 14.9. The molecule has 5 nitrogen and oxygen atoms in total. The van der Waals surface area contributed by atoms with Gasteiger partial charge in [0.15, 0.2) is 0 Å². The number of thioether (sulfide) groups is 1. The van der Waals surface area contributed by atoms with Crippen LogP contribution in [0.3, 0.4) is 0 Å². The van der Waals surface area contributed by atoms with E-state index in [2.05, 4.69) is 23.2 Å². The standard InChI is InChI=1S/C14H29N3O2S2/c1-3-9-15-11-13-6-4-5-10-17(13)21(18,19)16-12-14(20-2)7-8-14/h13,15-16H,3-12H2,1-2H3. The molecule has 0 amide bonds. The fourth-order valence-corrected chi connectivity index (χ4v) is 5.22. The first-order valence-electron chi connectivity index (χ1n) is 8.05. The highest BCUT2D eigenvalue weighted by Crippen LogP contribution is 2.46. The van der Waals surface area contributed by atoms with Gasteiger partial charge in [0.25, 0.3) is 10.2 Å². The second-order valence-electron chi connectivity index (χ2n) is 6.18. The topological polar surface area (TPSA) is 61.4 Å². The first-order chi connectivity index (χ1) is 10.0. The van der Waals surface area contributed by atoms with Crippen molar-refractivity contribution < 1.29 is 8.42 Å². The van der Waals surface area contributed by atoms with Gasteiger partial charge in [0, 0.05) is 30.4 Å². The van der Waals surface area contributed by atoms with E-state index in [4.69, 9.17) is 0 Å². The summed E-state index contributed by atoms with van der Waals surface area (Å²) >= 11 is 1.79. The lowest BCUT2D eigenvalue weighted by molar-refractivity contribution is 0.243. The Bertz CT molecular complexity index is 424. The monoisotopic (exact) mass is 335 g/mol. The van der Waals surface area contributed by atoms with E-state index >= 15 is 0 Å². The summed E-state index contributed by atoms with van der Waals surface area (Å²) in [4.78, 5) is 0. The summed E-state index contributed by atoms with van der Waals surface area (Å²) in [7, 11) is -3.34. The lowest BCUT2D eigenvalue weighted by atomic mass is 10.1. The van der Waals surface area contributed by atoms with Crippen LogP contribution in [0.2, 0.25) is 0 Å². The maximum atomic E-state index is 12.6. The van der Waals surface area contributed by atoms with Gasteiger partial charge in [-0.1, -0.05) is 13.3 Å². The Morgan fingerprint density at radius 3 is 2.71 bits per heavy atom. The first kappa shape index (κ1) is 17.5. The van der Waals surface area contributed by atoms with Gasteiger partial charge in [0.05, 0.1) is 0 Å². The molecule has 0 spiro atoms. The summed E-state index contributed by atoms with van der Waals surface area (Å²) < 4.78 is 29.9. The Kier molecular flexibility index (Phi) is 6.38. The molecule has 21 heavy (non-hydrogen) atoms. The van der Waals surface area contributed by atoms with E-state index in [0.29, 0.717) is 13.1 Å². The van der Waals surface area contributed by atoms with Crippen molar-refractivity contribution in [3.05, 3.63) is 0 Å². The van der Waals surface area contributed by atoms with Crippen molar-refractivity contribution >= 4 is 22.0 Å². The average Bonchev–Trinajstić information content (AvgIpc) is 3.27. The average molecular weight is 336 g/mol. The molecule has 124 valence electrons. The second kappa shape index (κ2) is 7.64. The third-order valence-corrected chi connectivity index (χ3v) is 7.53. The summed E-state index contributed by atoms with van der Waals surface area (Å²) in [5, 5.41) is 3.36. The predicted molar refractivity (Wildman–Crippen MR) is 89.9 cm³/mol. The van der Waals surface area contributed by atoms with E-state index in [1.807, 2.05) is 0 Å². The maximum Gasteiger partial charge on any atom is 0.279 e. The molecule has 2 fully saturated rings. The molecule has 1 aliphatic carbocycles. The quantitative estimate of drug-likeness (QED) is 0.628. The highest BCUT2D eigenvalue weighted by molar-refractivity contribution is 8.00. The fraction of sp³-hybridized carbons (Fsp3) is 1.00. The van der Waals surface area contributed by atoms with E-state index in [0.717, 1.165) is 51.6 Å². The van der Waals surface area contributed by atoms with Gasteiger partial charge < -0.3 is 5.32 Å². The maximum absolute atomic E-state index is 12.6. The molecule has 1 heterocycles. The third kappa shape index (κ3) is 4.82. The molecule has 2 aliphatic rings. The molecular weight excluding hydrogens is 306 g/mol. The number of nitrogens with one attached hydrogen (secondary N) is 2. The lowest BCUT2D eigenvalue weighted by Gasteiger charge is -2.35. The minimum absolute atomic E-state index is 0.104. The number of rotatable bonds is 9. The molecule has 1 saturated heterocycles. The largest absolute Gasteiger partial charge is 0.315 e. The van der Waals surface area contributed by atoms with Crippen LogP contribution in [0.4, 0.5) is 0 Å². The van der Waals surface area contributed by atoms with E-state index in [1.165, 1.54) is 0 Å². The van der Waals surface area contributed by atoms with Crippen molar-refractivity contribution in [2.75, 3.05) is 32.4 Å². The molecule has 0 aromatic carbocycles. The Balaban J connectivity index is 1.91. The minimum Gasteiger partial charge on any atom is -0.315 e. The summed E-state index contributed by atoms with van der Waals surface area (Å²) in [6, 6.07) is 0.104. The van der Waals surface area contributed by atoms with Gasteiger partial charge in [-0.3, -0.25) is 0 Å². The van der Waals surface area contributed by atoms with E-state index in [9.17, 15) is 8.42 Å². The van der Waals surface area contributed by atoms with Crippen LogP contribution in [0.15, 0.2) is 0 Å². The molecule has 1 atom stereocenters. The fourth-order valence-electron chi connectivity index (χ4n) is 2.84. The predicted octanol–water partition coefficient (Wildman–Crippen LogP) is 1.57. The van der Waals surface area contributed by atoms with Crippen LogP contribution in [0.1, 0.15) is 45.4 Å². The molecular formula is C14H29N3O2S2. The number of hydrogen-bond donors (Lipinski definition) is 2. The zero-order chi connectivity index (χ0) is 15.3. The molecule has 7 heteroatoms. The second-order valence-corrected chi connectivity index (χ2v) is 9.16. The Morgan fingerprint density at radius 2 is 2.10 bits per heavy atom. The molecule has 0 bridgehead atoms. The molecule has 0 radical (unpaired) electrons. The summed E-state index contributed by atoms with van der Waals surface area (Å²) in [5.41, 5.74) is 0. The lowest BCUT2D eigenvalue weighted by Crippen LogP contribution is -2.53. The van der Waals surface area contributed by atoms with Crippen molar-refractivity contribution in [2.24, 2.45) is 0 Å². The van der Waals surface area contributed by atoms with Crippen LogP contribution in [0.5, 0.6) is 0 Å². The summed E-state index contributed by atoms with van der Waals surface area (Å²) in [6.45, 7) is 5.07. The normalized spacial score (nSPS) is 25.9. The van der Waals surface area contributed by atoms with Gasteiger partial charge in [-0.25, -0.2) is 4.72 Å². The number of hydrogen-bond acceptors (Lipinski definition) is 4. The first-order valence-corrected chi connectivity index (χ1v) is 10.7. The molecule has 2 rings (SSSR count). The summed E-state index contributed by atoms with van der Waals surface area (Å²) in [5.74, 6) is 0. The Morgan fingerprint density at radius 1 is 1.33 bits per heavy atom. The van der Waals surface area contributed by atoms with Crippen molar-refractivity contribution in [2.45, 2.75) is 56.2 Å².